The van der Waals surface area contributed by atoms with E-state index in [4.69, 9.17) is 0 Å². The van der Waals surface area contributed by atoms with E-state index in [1.165, 1.54) is 12.1 Å². The molecular formula is C16H19N3O3S. The van der Waals surface area contributed by atoms with Crippen LogP contribution in [0.15, 0.2) is 29.2 Å². The average Bonchev–Trinajstić information content (AvgIpc) is 3.02. The van der Waals surface area contributed by atoms with E-state index in [9.17, 15) is 13.2 Å². The molecule has 0 saturated carbocycles. The predicted molar refractivity (Wildman–Crippen MR) is 87.1 cm³/mol. The van der Waals surface area contributed by atoms with Crippen molar-refractivity contribution < 1.29 is 13.2 Å². The minimum absolute atomic E-state index is 0.130. The molecule has 1 N–H and O–H groups in total. The Balaban J connectivity index is 1.71. The van der Waals surface area contributed by atoms with Gasteiger partial charge >= 0.3 is 0 Å². The van der Waals surface area contributed by atoms with E-state index in [0.717, 1.165) is 48.2 Å². The number of carbonyl (C=O) groups is 1. The highest BCUT2D eigenvalue weighted by Crippen LogP contribution is 2.28. The topological polar surface area (TPSA) is 81.1 Å². The van der Waals surface area contributed by atoms with E-state index in [1.807, 2.05) is 7.05 Å². The summed E-state index contributed by atoms with van der Waals surface area (Å²) in [5.74, 6) is 0.644. The van der Waals surface area contributed by atoms with Crippen LogP contribution < -0.4 is 5.32 Å². The van der Waals surface area contributed by atoms with Crippen molar-refractivity contribution in [1.82, 2.24) is 9.78 Å². The Morgan fingerprint density at radius 3 is 2.61 bits per heavy atom. The maximum atomic E-state index is 12.2. The largest absolute Gasteiger partial charge is 0.310 e. The molecule has 1 aromatic carbocycles. The molecule has 0 aliphatic heterocycles. The zero-order valence-electron chi connectivity index (χ0n) is 13.2. The smallest absolute Gasteiger partial charge is 0.229 e. The number of aromatic nitrogens is 2. The molecule has 1 heterocycles. The quantitative estimate of drug-likeness (QED) is 0.919. The number of hydrogen-bond acceptors (Lipinski definition) is 4. The lowest BCUT2D eigenvalue weighted by molar-refractivity contribution is -0.115. The summed E-state index contributed by atoms with van der Waals surface area (Å²) in [6, 6.07) is 6.40. The summed E-state index contributed by atoms with van der Waals surface area (Å²) in [6.07, 6.45) is 4.35. The highest BCUT2D eigenvalue weighted by atomic mass is 32.2. The molecule has 2 aromatic rings. The first-order chi connectivity index (χ1) is 10.8. The molecule has 0 saturated heterocycles. The van der Waals surface area contributed by atoms with Crippen LogP contribution in [0.2, 0.25) is 0 Å². The van der Waals surface area contributed by atoms with E-state index in [0.29, 0.717) is 0 Å². The third-order valence-electron chi connectivity index (χ3n) is 4.04. The van der Waals surface area contributed by atoms with Crippen molar-refractivity contribution in [2.45, 2.75) is 30.6 Å². The minimum Gasteiger partial charge on any atom is -0.310 e. The first-order valence-electron chi connectivity index (χ1n) is 7.48. The summed E-state index contributed by atoms with van der Waals surface area (Å²) >= 11 is 0. The number of hydrogen-bond donors (Lipinski definition) is 1. The van der Waals surface area contributed by atoms with Crippen molar-refractivity contribution in [3.8, 4) is 0 Å². The van der Waals surface area contributed by atoms with Crippen molar-refractivity contribution in [2.75, 3.05) is 11.6 Å². The van der Waals surface area contributed by atoms with Crippen LogP contribution in [0, 0.1) is 0 Å². The molecule has 0 fully saturated rings. The molecule has 0 spiro atoms. The normalized spacial score (nSPS) is 13.8. The molecule has 3 rings (SSSR count). The van der Waals surface area contributed by atoms with E-state index in [2.05, 4.69) is 10.4 Å². The molecule has 1 aliphatic rings. The zero-order valence-corrected chi connectivity index (χ0v) is 14.0. The number of nitrogens with one attached hydrogen (secondary N) is 1. The number of nitrogens with zero attached hydrogens (tertiary/aromatic N) is 2. The van der Waals surface area contributed by atoms with Crippen LogP contribution in [-0.2, 0) is 40.9 Å². The first-order valence-corrected chi connectivity index (χ1v) is 9.37. The van der Waals surface area contributed by atoms with Crippen molar-refractivity contribution in [1.29, 1.82) is 0 Å². The van der Waals surface area contributed by atoms with Gasteiger partial charge in [-0.1, -0.05) is 12.1 Å². The fourth-order valence-corrected chi connectivity index (χ4v) is 3.52. The Hall–Kier alpha value is -2.15. The molecule has 0 radical (unpaired) electrons. The average molecular weight is 333 g/mol. The lowest BCUT2D eigenvalue weighted by Crippen LogP contribution is -2.17. The second-order valence-electron chi connectivity index (χ2n) is 5.89. The molecule has 0 unspecified atom stereocenters. The highest BCUT2D eigenvalue weighted by molar-refractivity contribution is 7.90. The molecule has 1 amide bonds. The van der Waals surface area contributed by atoms with Crippen LogP contribution in [0.1, 0.15) is 23.2 Å². The number of rotatable bonds is 4. The summed E-state index contributed by atoms with van der Waals surface area (Å²) in [4.78, 5) is 12.5. The first kappa shape index (κ1) is 15.7. The molecular weight excluding hydrogens is 314 g/mol. The standard InChI is InChI=1S/C16H19N3O3S/c1-19-16(13-4-3-5-14(13)18-19)17-15(20)10-11-6-8-12(9-7-11)23(2,21)22/h6-9H,3-5,10H2,1-2H3,(H,17,20). The van der Waals surface area contributed by atoms with E-state index in [1.54, 1.807) is 16.8 Å². The van der Waals surface area contributed by atoms with Crippen molar-refractivity contribution >= 4 is 21.6 Å². The Kier molecular flexibility index (Phi) is 3.97. The van der Waals surface area contributed by atoms with Gasteiger partial charge in [0, 0.05) is 18.9 Å². The van der Waals surface area contributed by atoms with Crippen LogP contribution >= 0.6 is 0 Å². The van der Waals surface area contributed by atoms with Gasteiger partial charge in [-0.3, -0.25) is 9.48 Å². The van der Waals surface area contributed by atoms with Crippen LogP contribution in [0.3, 0.4) is 0 Å². The zero-order chi connectivity index (χ0) is 16.6. The molecule has 0 bridgehead atoms. The lowest BCUT2D eigenvalue weighted by atomic mass is 10.1. The van der Waals surface area contributed by atoms with Crippen LogP contribution in [0.5, 0.6) is 0 Å². The van der Waals surface area contributed by atoms with Gasteiger partial charge in [0.2, 0.25) is 5.91 Å². The molecule has 7 heteroatoms. The van der Waals surface area contributed by atoms with Gasteiger partial charge in [0.15, 0.2) is 9.84 Å². The van der Waals surface area contributed by atoms with Gasteiger partial charge in [-0.05, 0) is 37.0 Å². The van der Waals surface area contributed by atoms with Gasteiger partial charge < -0.3 is 5.32 Å². The molecule has 122 valence electrons. The predicted octanol–water partition coefficient (Wildman–Crippen LogP) is 1.49. The van der Waals surface area contributed by atoms with Gasteiger partial charge in [-0.2, -0.15) is 5.10 Å². The molecule has 6 nitrogen and oxygen atoms in total. The van der Waals surface area contributed by atoms with E-state index < -0.39 is 9.84 Å². The summed E-state index contributed by atoms with van der Waals surface area (Å²) in [7, 11) is -1.39. The summed E-state index contributed by atoms with van der Waals surface area (Å²) in [5.41, 5.74) is 2.97. The second kappa shape index (κ2) is 5.81. The maximum Gasteiger partial charge on any atom is 0.229 e. The third kappa shape index (κ3) is 3.29. The summed E-state index contributed by atoms with van der Waals surface area (Å²) in [5, 5.41) is 7.35. The fourth-order valence-electron chi connectivity index (χ4n) is 2.89. The monoisotopic (exact) mass is 333 g/mol. The number of carbonyl (C=O) groups excluding carboxylic acids is 1. The van der Waals surface area contributed by atoms with E-state index >= 15 is 0 Å². The Morgan fingerprint density at radius 1 is 1.26 bits per heavy atom. The number of benzene rings is 1. The van der Waals surface area contributed by atoms with Gasteiger partial charge in [-0.25, -0.2) is 8.42 Å². The fraction of sp³-hybridized carbons (Fsp3) is 0.375. The molecule has 1 aromatic heterocycles. The van der Waals surface area contributed by atoms with Gasteiger partial charge in [0.05, 0.1) is 17.0 Å². The van der Waals surface area contributed by atoms with Crippen molar-refractivity contribution in [3.05, 3.63) is 41.1 Å². The van der Waals surface area contributed by atoms with Gasteiger partial charge in [0.1, 0.15) is 5.82 Å². The Bertz CT molecular complexity index is 851. The van der Waals surface area contributed by atoms with Gasteiger partial charge in [-0.15, -0.1) is 0 Å². The summed E-state index contributed by atoms with van der Waals surface area (Å²) < 4.78 is 24.6. The van der Waals surface area contributed by atoms with Crippen molar-refractivity contribution in [2.24, 2.45) is 7.05 Å². The SMILES string of the molecule is Cn1nc2c(c1NC(=O)Cc1ccc(S(C)(=O)=O)cc1)CCC2. The van der Waals surface area contributed by atoms with Crippen LogP contribution in [-0.4, -0.2) is 30.4 Å². The van der Waals surface area contributed by atoms with E-state index in [-0.39, 0.29) is 17.2 Å². The molecule has 0 atom stereocenters. The van der Waals surface area contributed by atoms with Crippen LogP contribution in [0.25, 0.3) is 0 Å². The Labute approximate surface area is 135 Å². The number of aryl methyl sites for hydroxylation is 2. The molecule has 1 aliphatic carbocycles. The molecule has 23 heavy (non-hydrogen) atoms. The van der Waals surface area contributed by atoms with Crippen molar-refractivity contribution in [3.63, 3.8) is 0 Å². The number of fused-ring (bicyclic) bond motifs is 1. The number of anilines is 1. The third-order valence-corrected chi connectivity index (χ3v) is 5.17. The maximum absolute atomic E-state index is 12.2. The Morgan fingerprint density at radius 2 is 1.96 bits per heavy atom. The lowest BCUT2D eigenvalue weighted by Gasteiger charge is -2.08. The summed E-state index contributed by atoms with van der Waals surface area (Å²) in [6.45, 7) is 0. The highest BCUT2D eigenvalue weighted by Gasteiger charge is 2.22. The number of sulfone groups is 1. The minimum atomic E-state index is -3.21. The number of amides is 1. The second-order valence-corrected chi connectivity index (χ2v) is 7.91. The van der Waals surface area contributed by atoms with Crippen LogP contribution in [0.4, 0.5) is 5.82 Å². The van der Waals surface area contributed by atoms with Gasteiger partial charge in [0.25, 0.3) is 0 Å².